The van der Waals surface area contributed by atoms with Crippen LogP contribution in [0.15, 0.2) is 54.7 Å². The molecule has 0 aromatic heterocycles. The molecule has 0 spiro atoms. The van der Waals surface area contributed by atoms with E-state index in [9.17, 15) is 8.78 Å². The molecule has 0 fully saturated rings. The first-order chi connectivity index (χ1) is 12.0. The van der Waals surface area contributed by atoms with E-state index in [0.29, 0.717) is 12.1 Å². The Hall–Kier alpha value is -2.13. The zero-order valence-electron chi connectivity index (χ0n) is 14.7. The van der Waals surface area contributed by atoms with Crippen LogP contribution in [0.1, 0.15) is 38.3 Å². The molecule has 0 aliphatic carbocycles. The molecule has 1 atom stereocenters. The quantitative estimate of drug-likeness (QED) is 0.630. The second-order valence-corrected chi connectivity index (χ2v) is 6.16. The first-order valence-corrected chi connectivity index (χ1v) is 8.74. The van der Waals surface area contributed by atoms with Gasteiger partial charge in [0.15, 0.2) is 0 Å². The van der Waals surface area contributed by atoms with Gasteiger partial charge in [0, 0.05) is 10.7 Å². The Kier molecular flexibility index (Phi) is 6.38. The van der Waals surface area contributed by atoms with Gasteiger partial charge in [-0.25, -0.2) is 8.78 Å². The molecule has 4 heteroatoms. The summed E-state index contributed by atoms with van der Waals surface area (Å²) in [6.45, 7) is 9.99. The molecule has 2 aromatic carbocycles. The Balaban J connectivity index is 0.00000109. The summed E-state index contributed by atoms with van der Waals surface area (Å²) in [4.78, 5) is 0. The van der Waals surface area contributed by atoms with E-state index in [1.807, 2.05) is 51.1 Å². The first-order valence-electron chi connectivity index (χ1n) is 8.36. The van der Waals surface area contributed by atoms with Crippen LogP contribution in [0.2, 0.25) is 5.02 Å². The molecular formula is C21H22ClF2N. The van der Waals surface area contributed by atoms with Crippen molar-refractivity contribution in [3.05, 3.63) is 82.5 Å². The molecule has 1 unspecified atom stereocenters. The molecule has 3 rings (SSSR count). The molecule has 132 valence electrons. The highest BCUT2D eigenvalue weighted by atomic mass is 35.5. The molecule has 2 aromatic rings. The fraction of sp³-hybridized carbons (Fsp3) is 0.238. The lowest BCUT2D eigenvalue weighted by atomic mass is 9.86. The van der Waals surface area contributed by atoms with Crippen molar-refractivity contribution in [1.29, 1.82) is 0 Å². The molecule has 0 radical (unpaired) electrons. The van der Waals surface area contributed by atoms with Gasteiger partial charge in [0.05, 0.1) is 11.3 Å². The van der Waals surface area contributed by atoms with Gasteiger partial charge in [0.2, 0.25) is 0 Å². The van der Waals surface area contributed by atoms with Gasteiger partial charge in [-0.15, -0.1) is 0 Å². The van der Waals surface area contributed by atoms with E-state index in [4.69, 9.17) is 11.6 Å². The lowest BCUT2D eigenvalue weighted by Crippen LogP contribution is -2.25. The molecule has 0 bridgehead atoms. The highest BCUT2D eigenvalue weighted by Crippen LogP contribution is 2.38. The van der Waals surface area contributed by atoms with Crippen molar-refractivity contribution in [2.45, 2.75) is 27.2 Å². The van der Waals surface area contributed by atoms with E-state index >= 15 is 0 Å². The van der Waals surface area contributed by atoms with Crippen LogP contribution < -0.4 is 5.32 Å². The average Bonchev–Trinajstić information content (AvgIpc) is 2.59. The van der Waals surface area contributed by atoms with Gasteiger partial charge in [0.1, 0.15) is 11.6 Å². The van der Waals surface area contributed by atoms with Crippen LogP contribution in [-0.2, 0) is 0 Å². The normalized spacial score (nSPS) is 16.9. The van der Waals surface area contributed by atoms with Crippen molar-refractivity contribution in [3.63, 3.8) is 0 Å². The second-order valence-electron chi connectivity index (χ2n) is 5.72. The third-order valence-electron chi connectivity index (χ3n) is 4.07. The Morgan fingerprint density at radius 1 is 1.08 bits per heavy atom. The summed E-state index contributed by atoms with van der Waals surface area (Å²) in [6.07, 6.45) is 0.659. The molecule has 1 heterocycles. The second kappa shape index (κ2) is 8.30. The van der Waals surface area contributed by atoms with Crippen LogP contribution in [0.3, 0.4) is 0 Å². The van der Waals surface area contributed by atoms with Gasteiger partial charge in [0.25, 0.3) is 0 Å². The number of nitrogens with one attached hydrogen (secondary N) is 1. The minimum Gasteiger partial charge on any atom is -0.358 e. The standard InChI is InChI=1S/C19H16ClF2N.C2H6/c1-11-8-15(13-6-4-3-5-7-13)19(23-12(11)2)18-16(21)9-14(20)10-17(18)22;1-2/h3-7,9-11,23H,2,8H2,1H3;1-2H3. The molecule has 25 heavy (non-hydrogen) atoms. The summed E-state index contributed by atoms with van der Waals surface area (Å²) >= 11 is 5.73. The van der Waals surface area contributed by atoms with E-state index in [2.05, 4.69) is 11.9 Å². The van der Waals surface area contributed by atoms with Crippen LogP contribution in [0, 0.1) is 17.6 Å². The summed E-state index contributed by atoms with van der Waals surface area (Å²) in [6, 6.07) is 11.8. The summed E-state index contributed by atoms with van der Waals surface area (Å²) in [7, 11) is 0. The van der Waals surface area contributed by atoms with E-state index in [1.54, 1.807) is 0 Å². The number of hydrogen-bond acceptors (Lipinski definition) is 1. The Morgan fingerprint density at radius 3 is 2.20 bits per heavy atom. The van der Waals surface area contributed by atoms with Crippen molar-refractivity contribution in [3.8, 4) is 0 Å². The minimum atomic E-state index is -0.687. The smallest absolute Gasteiger partial charge is 0.136 e. The Bertz CT molecular complexity index is 774. The van der Waals surface area contributed by atoms with Gasteiger partial charge >= 0.3 is 0 Å². The summed E-state index contributed by atoms with van der Waals surface area (Å²) in [5.41, 5.74) is 2.87. The number of allylic oxidation sites excluding steroid dienone is 2. The average molecular weight is 362 g/mol. The van der Waals surface area contributed by atoms with Gasteiger partial charge in [-0.3, -0.25) is 0 Å². The predicted molar refractivity (Wildman–Crippen MR) is 102 cm³/mol. The summed E-state index contributed by atoms with van der Waals surface area (Å²) in [5.74, 6) is -1.20. The van der Waals surface area contributed by atoms with E-state index in [1.165, 1.54) is 0 Å². The molecule has 1 nitrogen and oxygen atoms in total. The molecule has 1 aliphatic rings. The molecule has 0 amide bonds. The maximum Gasteiger partial charge on any atom is 0.136 e. The molecule has 0 saturated heterocycles. The van der Waals surface area contributed by atoms with Crippen molar-refractivity contribution in [2.24, 2.45) is 5.92 Å². The van der Waals surface area contributed by atoms with Gasteiger partial charge < -0.3 is 5.32 Å². The van der Waals surface area contributed by atoms with Crippen molar-refractivity contribution in [1.82, 2.24) is 5.32 Å². The van der Waals surface area contributed by atoms with E-state index in [-0.39, 0.29) is 16.5 Å². The largest absolute Gasteiger partial charge is 0.358 e. The predicted octanol–water partition coefficient (Wildman–Crippen LogP) is 6.66. The van der Waals surface area contributed by atoms with Crippen LogP contribution in [0.5, 0.6) is 0 Å². The number of rotatable bonds is 2. The fourth-order valence-corrected chi connectivity index (χ4v) is 2.98. The van der Waals surface area contributed by atoms with Crippen molar-refractivity contribution >= 4 is 22.9 Å². The summed E-state index contributed by atoms with van der Waals surface area (Å²) < 4.78 is 28.8. The Morgan fingerprint density at radius 2 is 1.64 bits per heavy atom. The zero-order chi connectivity index (χ0) is 18.6. The van der Waals surface area contributed by atoms with Gasteiger partial charge in [-0.2, -0.15) is 0 Å². The summed E-state index contributed by atoms with van der Waals surface area (Å²) in [5, 5.41) is 3.13. The third-order valence-corrected chi connectivity index (χ3v) is 4.29. The lowest BCUT2D eigenvalue weighted by Gasteiger charge is -2.29. The topological polar surface area (TPSA) is 12.0 Å². The number of hydrogen-bond donors (Lipinski definition) is 1. The molecular weight excluding hydrogens is 340 g/mol. The first kappa shape index (κ1) is 19.2. The van der Waals surface area contributed by atoms with Gasteiger partial charge in [-0.05, 0) is 35.6 Å². The maximum atomic E-state index is 14.4. The SMILES string of the molecule is C=C1NC(c2c(F)cc(Cl)cc2F)=C(c2ccccc2)CC1C.CC. The number of halogens is 3. The molecule has 1 aliphatic heterocycles. The van der Waals surface area contributed by atoms with E-state index < -0.39 is 11.6 Å². The minimum absolute atomic E-state index is 0.0358. The lowest BCUT2D eigenvalue weighted by molar-refractivity contribution is 0.571. The van der Waals surface area contributed by atoms with Crippen LogP contribution in [0.4, 0.5) is 8.78 Å². The maximum absolute atomic E-state index is 14.4. The highest BCUT2D eigenvalue weighted by Gasteiger charge is 2.26. The van der Waals surface area contributed by atoms with Crippen LogP contribution in [-0.4, -0.2) is 0 Å². The van der Waals surface area contributed by atoms with Crippen LogP contribution >= 0.6 is 11.6 Å². The highest BCUT2D eigenvalue weighted by molar-refractivity contribution is 6.30. The third kappa shape index (κ3) is 4.10. The monoisotopic (exact) mass is 361 g/mol. The van der Waals surface area contributed by atoms with Crippen molar-refractivity contribution < 1.29 is 8.78 Å². The zero-order valence-corrected chi connectivity index (χ0v) is 15.4. The van der Waals surface area contributed by atoms with Gasteiger partial charge in [-0.1, -0.05) is 69.3 Å². The number of benzene rings is 2. The van der Waals surface area contributed by atoms with E-state index in [0.717, 1.165) is 29.0 Å². The molecule has 1 N–H and O–H groups in total. The molecule has 0 saturated carbocycles. The van der Waals surface area contributed by atoms with Crippen LogP contribution in [0.25, 0.3) is 11.3 Å². The Labute approximate surface area is 153 Å². The van der Waals surface area contributed by atoms with Crippen molar-refractivity contribution in [2.75, 3.05) is 0 Å². The fourth-order valence-electron chi connectivity index (χ4n) is 2.79.